The lowest BCUT2D eigenvalue weighted by atomic mass is 9.87. The van der Waals surface area contributed by atoms with Crippen molar-refractivity contribution in [2.75, 3.05) is 23.5 Å². The highest BCUT2D eigenvalue weighted by Crippen LogP contribution is 2.35. The molecule has 0 bridgehead atoms. The van der Waals surface area contributed by atoms with Crippen LogP contribution >= 0.6 is 0 Å². The van der Waals surface area contributed by atoms with E-state index in [1.165, 1.54) is 0 Å². The van der Waals surface area contributed by atoms with Gasteiger partial charge in [-0.2, -0.15) is 5.26 Å². The minimum Gasteiger partial charge on any atom is -0.229 e. The summed E-state index contributed by atoms with van der Waals surface area (Å²) in [6, 6.07) is 1.96. The molecule has 0 aromatic rings. The molecule has 7 heteroatoms. The molecular formula is C8H13NO4S2. The van der Waals surface area contributed by atoms with Crippen molar-refractivity contribution in [3.05, 3.63) is 0 Å². The van der Waals surface area contributed by atoms with Crippen LogP contribution in [0.3, 0.4) is 0 Å². The van der Waals surface area contributed by atoms with Crippen molar-refractivity contribution in [2.45, 2.75) is 12.8 Å². The van der Waals surface area contributed by atoms with Gasteiger partial charge in [-0.05, 0) is 12.8 Å². The van der Waals surface area contributed by atoms with Crippen molar-refractivity contribution in [2.24, 2.45) is 5.41 Å². The van der Waals surface area contributed by atoms with Gasteiger partial charge >= 0.3 is 0 Å². The maximum atomic E-state index is 11.2. The average molecular weight is 251 g/mol. The number of sulfone groups is 2. The van der Waals surface area contributed by atoms with Gasteiger partial charge in [-0.1, -0.05) is 0 Å². The number of nitrogens with zero attached hydrogens (tertiary/aromatic N) is 1. The summed E-state index contributed by atoms with van der Waals surface area (Å²) < 4.78 is 44.4. The second-order valence-electron chi connectivity index (χ2n) is 4.11. The molecule has 0 radical (unpaired) electrons. The molecule has 5 nitrogen and oxygen atoms in total. The summed E-state index contributed by atoms with van der Waals surface area (Å²) in [5.41, 5.74) is -0.984. The summed E-state index contributed by atoms with van der Waals surface area (Å²) in [4.78, 5) is 0. The second kappa shape index (κ2) is 3.76. The summed E-state index contributed by atoms with van der Waals surface area (Å²) in [7, 11) is -6.29. The van der Waals surface area contributed by atoms with E-state index in [0.717, 1.165) is 6.26 Å². The SMILES string of the molecule is CS(=O)(=O)CCC1(C#N)CCS(=O)(=O)C1. The van der Waals surface area contributed by atoms with Crippen molar-refractivity contribution < 1.29 is 16.8 Å². The molecule has 0 amide bonds. The van der Waals surface area contributed by atoms with Gasteiger partial charge < -0.3 is 0 Å². The van der Waals surface area contributed by atoms with E-state index in [1.807, 2.05) is 6.07 Å². The summed E-state index contributed by atoms with van der Waals surface area (Å²) >= 11 is 0. The maximum absolute atomic E-state index is 11.2. The zero-order valence-electron chi connectivity index (χ0n) is 8.43. The van der Waals surface area contributed by atoms with E-state index in [4.69, 9.17) is 5.26 Å². The molecule has 1 rings (SSSR count). The van der Waals surface area contributed by atoms with E-state index in [0.29, 0.717) is 0 Å². The Morgan fingerprint density at radius 1 is 1.47 bits per heavy atom. The van der Waals surface area contributed by atoms with E-state index in [-0.39, 0.29) is 30.1 Å². The summed E-state index contributed by atoms with van der Waals surface area (Å²) in [6.45, 7) is 0. The standard InChI is InChI=1S/C8H13NO4S2/c1-14(10,11)4-2-8(6-9)3-5-15(12,13)7-8/h2-5,7H2,1H3. The van der Waals surface area contributed by atoms with Crippen molar-refractivity contribution in [1.82, 2.24) is 0 Å². The van der Waals surface area contributed by atoms with Crippen LogP contribution in [0.1, 0.15) is 12.8 Å². The van der Waals surface area contributed by atoms with Gasteiger partial charge in [0, 0.05) is 6.26 Å². The van der Waals surface area contributed by atoms with Crippen molar-refractivity contribution >= 4 is 19.7 Å². The fourth-order valence-corrected chi connectivity index (χ4v) is 4.44. The Hall–Kier alpha value is -0.610. The molecule has 1 unspecified atom stereocenters. The van der Waals surface area contributed by atoms with Crippen LogP contribution in [0.4, 0.5) is 0 Å². The molecule has 1 aliphatic rings. The first-order valence-electron chi connectivity index (χ1n) is 4.48. The number of rotatable bonds is 3. The van der Waals surface area contributed by atoms with Crippen LogP contribution in [0.2, 0.25) is 0 Å². The van der Waals surface area contributed by atoms with Crippen LogP contribution in [0.25, 0.3) is 0 Å². The quantitative estimate of drug-likeness (QED) is 0.689. The summed E-state index contributed by atoms with van der Waals surface area (Å²) in [5.74, 6) is -0.341. The van der Waals surface area contributed by atoms with E-state index >= 15 is 0 Å². The predicted octanol–water partition coefficient (Wildman–Crippen LogP) is -0.250. The highest BCUT2D eigenvalue weighted by Gasteiger charge is 2.42. The molecule has 0 aromatic heterocycles. The van der Waals surface area contributed by atoms with E-state index in [2.05, 4.69) is 0 Å². The highest BCUT2D eigenvalue weighted by molar-refractivity contribution is 7.91. The fourth-order valence-electron chi connectivity index (χ4n) is 1.64. The van der Waals surface area contributed by atoms with Crippen molar-refractivity contribution in [1.29, 1.82) is 5.26 Å². The van der Waals surface area contributed by atoms with Crippen molar-refractivity contribution in [3.8, 4) is 6.07 Å². The van der Waals surface area contributed by atoms with Gasteiger partial charge in [-0.3, -0.25) is 0 Å². The average Bonchev–Trinajstić information content (AvgIpc) is 2.39. The second-order valence-corrected chi connectivity index (χ2v) is 8.56. The van der Waals surface area contributed by atoms with Gasteiger partial charge in [0.2, 0.25) is 0 Å². The normalized spacial score (nSPS) is 29.9. The minimum absolute atomic E-state index is 0.00960. The molecule has 0 spiro atoms. The Kier molecular flexibility index (Phi) is 3.12. The number of nitriles is 1. The Labute approximate surface area is 89.9 Å². The molecule has 15 heavy (non-hydrogen) atoms. The van der Waals surface area contributed by atoms with Gasteiger partial charge in [-0.25, -0.2) is 16.8 Å². The topological polar surface area (TPSA) is 92.1 Å². The molecular weight excluding hydrogens is 238 g/mol. The van der Waals surface area contributed by atoms with Gasteiger partial charge in [0.25, 0.3) is 0 Å². The summed E-state index contributed by atoms with van der Waals surface area (Å²) in [5, 5.41) is 8.94. The Morgan fingerprint density at radius 2 is 2.07 bits per heavy atom. The zero-order valence-corrected chi connectivity index (χ0v) is 10.1. The van der Waals surface area contributed by atoms with Gasteiger partial charge in [0.05, 0.1) is 28.7 Å². The zero-order chi connectivity index (χ0) is 11.7. The number of hydrogen-bond acceptors (Lipinski definition) is 5. The number of hydrogen-bond donors (Lipinski definition) is 0. The monoisotopic (exact) mass is 251 g/mol. The molecule has 0 saturated carbocycles. The molecule has 1 heterocycles. The smallest absolute Gasteiger partial charge is 0.151 e. The third kappa shape index (κ3) is 3.47. The first-order chi connectivity index (χ1) is 6.68. The van der Waals surface area contributed by atoms with Crippen LogP contribution in [-0.2, 0) is 19.7 Å². The van der Waals surface area contributed by atoms with Crippen LogP contribution in [0.5, 0.6) is 0 Å². The molecule has 0 N–H and O–H groups in total. The lowest BCUT2D eigenvalue weighted by Crippen LogP contribution is -2.23. The minimum atomic E-state index is -3.15. The van der Waals surface area contributed by atoms with Crippen LogP contribution < -0.4 is 0 Å². The highest BCUT2D eigenvalue weighted by atomic mass is 32.2. The molecule has 86 valence electrons. The van der Waals surface area contributed by atoms with Crippen LogP contribution in [0, 0.1) is 16.7 Å². The molecule has 1 aliphatic heterocycles. The van der Waals surface area contributed by atoms with Gasteiger partial charge in [0.15, 0.2) is 9.84 Å². The molecule has 1 saturated heterocycles. The molecule has 0 aromatic carbocycles. The Morgan fingerprint density at radius 3 is 2.40 bits per heavy atom. The predicted molar refractivity (Wildman–Crippen MR) is 55.6 cm³/mol. The Bertz CT molecular complexity index is 485. The maximum Gasteiger partial charge on any atom is 0.151 e. The molecule has 1 fully saturated rings. The van der Waals surface area contributed by atoms with Crippen molar-refractivity contribution in [3.63, 3.8) is 0 Å². The van der Waals surface area contributed by atoms with E-state index < -0.39 is 25.1 Å². The third-order valence-electron chi connectivity index (χ3n) is 2.58. The van der Waals surface area contributed by atoms with Gasteiger partial charge in [0.1, 0.15) is 9.84 Å². The first kappa shape index (κ1) is 12.5. The lowest BCUT2D eigenvalue weighted by Gasteiger charge is -2.17. The first-order valence-corrected chi connectivity index (χ1v) is 8.36. The Balaban J connectivity index is 2.79. The van der Waals surface area contributed by atoms with E-state index in [1.54, 1.807) is 0 Å². The van der Waals surface area contributed by atoms with E-state index in [9.17, 15) is 16.8 Å². The third-order valence-corrected chi connectivity index (χ3v) is 5.34. The summed E-state index contributed by atoms with van der Waals surface area (Å²) in [6.07, 6.45) is 1.45. The van der Waals surface area contributed by atoms with Crippen LogP contribution in [-0.4, -0.2) is 40.3 Å². The fraction of sp³-hybridized carbons (Fsp3) is 0.875. The molecule has 1 atom stereocenters. The van der Waals surface area contributed by atoms with Crippen LogP contribution in [0.15, 0.2) is 0 Å². The van der Waals surface area contributed by atoms with Gasteiger partial charge in [-0.15, -0.1) is 0 Å². The largest absolute Gasteiger partial charge is 0.229 e. The lowest BCUT2D eigenvalue weighted by molar-refractivity contribution is 0.436. The molecule has 0 aliphatic carbocycles.